The summed E-state index contributed by atoms with van der Waals surface area (Å²) < 4.78 is 12.1. The fourth-order valence-electron chi connectivity index (χ4n) is 2.78. The van der Waals surface area contributed by atoms with E-state index in [1.807, 2.05) is 32.9 Å². The highest BCUT2D eigenvalue weighted by atomic mass is 79.9. The normalized spacial score (nSPS) is 15.6. The van der Waals surface area contributed by atoms with Crippen LogP contribution in [0, 0.1) is 17.2 Å². The van der Waals surface area contributed by atoms with Crippen LogP contribution < -0.4 is 4.74 Å². The highest BCUT2D eigenvalue weighted by Gasteiger charge is 2.26. The van der Waals surface area contributed by atoms with E-state index >= 15 is 0 Å². The van der Waals surface area contributed by atoms with Crippen LogP contribution in [0.2, 0.25) is 0 Å². The molecule has 6 heteroatoms. The van der Waals surface area contributed by atoms with Crippen molar-refractivity contribution < 1.29 is 14.3 Å². The zero-order valence-corrected chi connectivity index (χ0v) is 16.6. The summed E-state index contributed by atoms with van der Waals surface area (Å²) in [5, 5.41) is 9.15. The minimum Gasteiger partial charge on any atom is -0.492 e. The van der Waals surface area contributed by atoms with E-state index in [0.29, 0.717) is 23.8 Å². The van der Waals surface area contributed by atoms with Crippen molar-refractivity contribution in [3.05, 3.63) is 28.2 Å². The van der Waals surface area contributed by atoms with Gasteiger partial charge in [0.15, 0.2) is 0 Å². The molecule has 0 saturated carbocycles. The zero-order valence-electron chi connectivity index (χ0n) is 15.0. The van der Waals surface area contributed by atoms with Crippen molar-refractivity contribution in [2.75, 3.05) is 19.7 Å². The lowest BCUT2D eigenvalue weighted by molar-refractivity contribution is 0.0177. The van der Waals surface area contributed by atoms with E-state index in [1.165, 1.54) is 0 Å². The fraction of sp³-hybridized carbons (Fsp3) is 0.579. The quantitative estimate of drug-likeness (QED) is 0.721. The fourth-order valence-corrected chi connectivity index (χ4v) is 3.14. The van der Waals surface area contributed by atoms with Gasteiger partial charge in [0, 0.05) is 17.6 Å². The summed E-state index contributed by atoms with van der Waals surface area (Å²) in [6.45, 7) is 7.67. The van der Waals surface area contributed by atoms with Crippen molar-refractivity contribution in [1.29, 1.82) is 5.26 Å². The number of amides is 1. The lowest BCUT2D eigenvalue weighted by Crippen LogP contribution is -2.41. The SMILES string of the molecule is CC(C)(C)OC(=O)N1CCC(CCOc2ccc(Br)cc2C#N)CC1. The Balaban J connectivity index is 1.74. The molecule has 1 aliphatic heterocycles. The van der Waals surface area contributed by atoms with Gasteiger partial charge in [-0.05, 0) is 64.2 Å². The van der Waals surface area contributed by atoms with Gasteiger partial charge in [0.1, 0.15) is 17.4 Å². The molecule has 2 rings (SSSR count). The minimum atomic E-state index is -0.453. The molecule has 5 nitrogen and oxygen atoms in total. The number of nitrogens with zero attached hydrogens (tertiary/aromatic N) is 2. The maximum absolute atomic E-state index is 12.1. The van der Waals surface area contributed by atoms with Crippen molar-refractivity contribution in [2.24, 2.45) is 5.92 Å². The third-order valence-corrected chi connectivity index (χ3v) is 4.61. The van der Waals surface area contributed by atoms with Gasteiger partial charge < -0.3 is 14.4 Å². The molecule has 1 aliphatic rings. The number of piperidine rings is 1. The molecule has 1 fully saturated rings. The van der Waals surface area contributed by atoms with Gasteiger partial charge in [-0.1, -0.05) is 15.9 Å². The maximum atomic E-state index is 12.1. The van der Waals surface area contributed by atoms with Crippen LogP contribution in [-0.4, -0.2) is 36.3 Å². The Bertz CT molecular complexity index is 641. The Morgan fingerprint density at radius 3 is 2.64 bits per heavy atom. The van der Waals surface area contributed by atoms with Crippen molar-refractivity contribution in [3.8, 4) is 11.8 Å². The highest BCUT2D eigenvalue weighted by Crippen LogP contribution is 2.25. The zero-order chi connectivity index (χ0) is 18.4. The number of rotatable bonds is 4. The van der Waals surface area contributed by atoms with Gasteiger partial charge in [-0.3, -0.25) is 0 Å². The predicted octanol–water partition coefficient (Wildman–Crippen LogP) is 4.74. The van der Waals surface area contributed by atoms with Crippen LogP contribution in [0.3, 0.4) is 0 Å². The van der Waals surface area contributed by atoms with E-state index in [2.05, 4.69) is 22.0 Å². The molecular weight excluding hydrogens is 384 g/mol. The third kappa shape index (κ3) is 6.24. The number of likely N-dealkylation sites (tertiary alicyclic amines) is 1. The van der Waals surface area contributed by atoms with Crippen molar-refractivity contribution in [1.82, 2.24) is 4.90 Å². The topological polar surface area (TPSA) is 62.6 Å². The molecular formula is C19H25BrN2O3. The Kier molecular flexibility index (Phi) is 6.71. The molecule has 0 aliphatic carbocycles. The number of carbonyl (C=O) groups excluding carboxylic acids is 1. The van der Waals surface area contributed by atoms with Crippen LogP contribution in [0.25, 0.3) is 0 Å². The Hall–Kier alpha value is -1.74. The van der Waals surface area contributed by atoms with E-state index in [-0.39, 0.29) is 6.09 Å². The first-order valence-electron chi connectivity index (χ1n) is 8.59. The number of benzene rings is 1. The first-order valence-corrected chi connectivity index (χ1v) is 9.38. The monoisotopic (exact) mass is 408 g/mol. The van der Waals surface area contributed by atoms with Crippen molar-refractivity contribution in [3.63, 3.8) is 0 Å². The summed E-state index contributed by atoms with van der Waals surface area (Å²) in [7, 11) is 0. The van der Waals surface area contributed by atoms with Gasteiger partial charge >= 0.3 is 6.09 Å². The minimum absolute atomic E-state index is 0.226. The first-order chi connectivity index (χ1) is 11.8. The average Bonchev–Trinajstić information content (AvgIpc) is 2.55. The Morgan fingerprint density at radius 2 is 2.04 bits per heavy atom. The number of hydrogen-bond donors (Lipinski definition) is 0. The molecule has 0 atom stereocenters. The summed E-state index contributed by atoms with van der Waals surface area (Å²) in [4.78, 5) is 13.8. The van der Waals surface area contributed by atoms with Gasteiger partial charge in [-0.25, -0.2) is 4.79 Å². The molecule has 136 valence electrons. The van der Waals surface area contributed by atoms with Crippen LogP contribution in [0.15, 0.2) is 22.7 Å². The van der Waals surface area contributed by atoms with Crippen molar-refractivity contribution in [2.45, 2.75) is 45.6 Å². The molecule has 1 aromatic rings. The second-order valence-electron chi connectivity index (χ2n) is 7.30. The van der Waals surface area contributed by atoms with E-state index in [1.54, 1.807) is 11.0 Å². The first kappa shape index (κ1) is 19.6. The van der Waals surface area contributed by atoms with Crippen LogP contribution in [-0.2, 0) is 4.74 Å². The summed E-state index contributed by atoms with van der Waals surface area (Å²) in [6.07, 6.45) is 2.60. The molecule has 0 aromatic heterocycles. The van der Waals surface area contributed by atoms with Crippen LogP contribution >= 0.6 is 15.9 Å². The lowest BCUT2D eigenvalue weighted by atomic mass is 9.94. The second-order valence-corrected chi connectivity index (χ2v) is 8.22. The summed E-state index contributed by atoms with van der Waals surface area (Å²) in [6, 6.07) is 7.59. The van der Waals surface area contributed by atoms with Gasteiger partial charge in [0.25, 0.3) is 0 Å². The van der Waals surface area contributed by atoms with E-state index < -0.39 is 5.60 Å². The Morgan fingerprint density at radius 1 is 1.36 bits per heavy atom. The molecule has 1 amide bonds. The summed E-state index contributed by atoms with van der Waals surface area (Å²) >= 11 is 3.35. The van der Waals surface area contributed by atoms with Crippen molar-refractivity contribution >= 4 is 22.0 Å². The van der Waals surface area contributed by atoms with Crippen LogP contribution in [0.4, 0.5) is 4.79 Å². The number of nitriles is 1. The molecule has 0 bridgehead atoms. The molecule has 1 heterocycles. The van der Waals surface area contributed by atoms with E-state index in [4.69, 9.17) is 14.7 Å². The maximum Gasteiger partial charge on any atom is 0.410 e. The highest BCUT2D eigenvalue weighted by molar-refractivity contribution is 9.10. The molecule has 0 spiro atoms. The third-order valence-electron chi connectivity index (χ3n) is 4.11. The second kappa shape index (κ2) is 8.57. The average molecular weight is 409 g/mol. The van der Waals surface area contributed by atoms with E-state index in [0.717, 1.165) is 36.8 Å². The number of hydrogen-bond acceptors (Lipinski definition) is 4. The number of halogens is 1. The van der Waals surface area contributed by atoms with Gasteiger partial charge in [-0.15, -0.1) is 0 Å². The lowest BCUT2D eigenvalue weighted by Gasteiger charge is -2.33. The standard InChI is InChI=1S/C19H25BrN2O3/c1-19(2,3)25-18(23)22-9-6-14(7-10-22)8-11-24-17-5-4-16(20)12-15(17)13-21/h4-5,12,14H,6-11H2,1-3H3. The smallest absolute Gasteiger partial charge is 0.410 e. The largest absolute Gasteiger partial charge is 0.492 e. The molecule has 0 radical (unpaired) electrons. The molecule has 0 N–H and O–H groups in total. The Labute approximate surface area is 158 Å². The van der Waals surface area contributed by atoms with E-state index in [9.17, 15) is 4.79 Å². The van der Waals surface area contributed by atoms with Gasteiger partial charge in [0.2, 0.25) is 0 Å². The van der Waals surface area contributed by atoms with Crippen LogP contribution in [0.5, 0.6) is 5.75 Å². The summed E-state index contributed by atoms with van der Waals surface area (Å²) in [5.74, 6) is 1.15. The molecule has 1 aromatic carbocycles. The number of carbonyl (C=O) groups is 1. The predicted molar refractivity (Wildman–Crippen MR) is 99.5 cm³/mol. The number of ether oxygens (including phenoxy) is 2. The molecule has 25 heavy (non-hydrogen) atoms. The van der Waals surface area contributed by atoms with Crippen LogP contribution in [0.1, 0.15) is 45.6 Å². The molecule has 0 unspecified atom stereocenters. The van der Waals surface area contributed by atoms with Gasteiger partial charge in [-0.2, -0.15) is 5.26 Å². The summed E-state index contributed by atoms with van der Waals surface area (Å²) in [5.41, 5.74) is 0.0827. The molecule has 1 saturated heterocycles. The van der Waals surface area contributed by atoms with Gasteiger partial charge in [0.05, 0.1) is 12.2 Å².